The first-order chi connectivity index (χ1) is 5.84. The molecule has 0 aliphatic heterocycles. The first-order valence-corrected chi connectivity index (χ1v) is 5.18. The molecule has 1 rings (SSSR count). The predicted octanol–water partition coefficient (Wildman–Crippen LogP) is 4.11. The minimum Gasteiger partial charge on any atom is -0.508 e. The number of phenols is 1. The van der Waals surface area contributed by atoms with Crippen LogP contribution in [0.1, 0.15) is 26.3 Å². The third-order valence-corrected chi connectivity index (χ3v) is 3.19. The molecule has 72 valence electrons. The quantitative estimate of drug-likeness (QED) is 0.747. The second kappa shape index (κ2) is 3.50. The molecule has 1 nitrogen and oxygen atoms in total. The summed E-state index contributed by atoms with van der Waals surface area (Å²) in [6.07, 6.45) is 0. The van der Waals surface area contributed by atoms with Gasteiger partial charge in [-0.2, -0.15) is 0 Å². The summed E-state index contributed by atoms with van der Waals surface area (Å²) >= 11 is 9.31. The van der Waals surface area contributed by atoms with E-state index >= 15 is 0 Å². The zero-order chi connectivity index (χ0) is 10.2. The molecule has 0 bridgehead atoms. The van der Waals surface area contributed by atoms with E-state index in [1.165, 1.54) is 0 Å². The van der Waals surface area contributed by atoms with Crippen molar-refractivity contribution in [2.45, 2.75) is 26.2 Å². The Morgan fingerprint density at radius 3 is 2.23 bits per heavy atom. The number of rotatable bonds is 0. The Kier molecular flexibility index (Phi) is 2.93. The Morgan fingerprint density at radius 2 is 1.85 bits per heavy atom. The maximum Gasteiger partial charge on any atom is 0.120 e. The van der Waals surface area contributed by atoms with Crippen molar-refractivity contribution in [3.05, 3.63) is 27.2 Å². The first-order valence-electron chi connectivity index (χ1n) is 4.01. The zero-order valence-electron chi connectivity index (χ0n) is 7.86. The fourth-order valence-electron chi connectivity index (χ4n) is 1.25. The Hall–Kier alpha value is -0.210. The number of aromatic hydroxyl groups is 1. The first kappa shape index (κ1) is 10.9. The molecule has 0 spiro atoms. The van der Waals surface area contributed by atoms with Crippen LogP contribution in [-0.4, -0.2) is 5.11 Å². The molecule has 0 atom stereocenters. The summed E-state index contributed by atoms with van der Waals surface area (Å²) in [5, 5.41) is 10.3. The van der Waals surface area contributed by atoms with Crippen molar-refractivity contribution in [2.24, 2.45) is 0 Å². The van der Waals surface area contributed by atoms with Gasteiger partial charge in [0.25, 0.3) is 0 Å². The standard InChI is InChI=1S/C10H12BrClO/c1-10(2,3)8-7(13)5-4-6(12)9(8)11/h4-5,13H,1-3H3. The van der Waals surface area contributed by atoms with E-state index in [2.05, 4.69) is 15.9 Å². The molecule has 0 aliphatic carbocycles. The fourth-order valence-corrected chi connectivity index (χ4v) is 2.34. The van der Waals surface area contributed by atoms with Gasteiger partial charge in [-0.05, 0) is 33.5 Å². The number of phenolic OH excluding ortho intramolecular Hbond substituents is 1. The summed E-state index contributed by atoms with van der Waals surface area (Å²) in [6, 6.07) is 3.30. The molecule has 0 aromatic heterocycles. The molecular weight excluding hydrogens is 251 g/mol. The van der Waals surface area contributed by atoms with Crippen LogP contribution in [0.3, 0.4) is 0 Å². The minimum absolute atomic E-state index is 0.117. The largest absolute Gasteiger partial charge is 0.508 e. The Labute approximate surface area is 91.9 Å². The molecule has 0 radical (unpaired) electrons. The smallest absolute Gasteiger partial charge is 0.120 e. The molecule has 3 heteroatoms. The van der Waals surface area contributed by atoms with E-state index in [0.29, 0.717) is 5.02 Å². The van der Waals surface area contributed by atoms with Gasteiger partial charge in [-0.25, -0.2) is 0 Å². The summed E-state index contributed by atoms with van der Waals surface area (Å²) in [6.45, 7) is 6.09. The molecular formula is C10H12BrClO. The van der Waals surface area contributed by atoms with Gasteiger partial charge in [0.1, 0.15) is 5.75 Å². The summed E-state index contributed by atoms with van der Waals surface area (Å²) in [5.41, 5.74) is 0.730. The van der Waals surface area contributed by atoms with Crippen molar-refractivity contribution in [1.82, 2.24) is 0 Å². The van der Waals surface area contributed by atoms with Gasteiger partial charge in [0, 0.05) is 10.0 Å². The predicted molar refractivity (Wildman–Crippen MR) is 59.5 cm³/mol. The van der Waals surface area contributed by atoms with Crippen LogP contribution < -0.4 is 0 Å². The average Bonchev–Trinajstić information content (AvgIpc) is 1.95. The molecule has 0 heterocycles. The van der Waals surface area contributed by atoms with Crippen LogP contribution >= 0.6 is 27.5 Å². The van der Waals surface area contributed by atoms with Crippen LogP contribution in [0.25, 0.3) is 0 Å². The van der Waals surface area contributed by atoms with Crippen molar-refractivity contribution < 1.29 is 5.11 Å². The van der Waals surface area contributed by atoms with Crippen LogP contribution in [0.5, 0.6) is 5.75 Å². The van der Waals surface area contributed by atoms with Crippen LogP contribution in [0.15, 0.2) is 16.6 Å². The lowest BCUT2D eigenvalue weighted by Gasteiger charge is -2.22. The lowest BCUT2D eigenvalue weighted by Crippen LogP contribution is -2.12. The van der Waals surface area contributed by atoms with Gasteiger partial charge in [0.2, 0.25) is 0 Å². The SMILES string of the molecule is CC(C)(C)c1c(O)ccc(Cl)c1Br. The lowest BCUT2D eigenvalue weighted by molar-refractivity contribution is 0.445. The van der Waals surface area contributed by atoms with E-state index in [4.69, 9.17) is 11.6 Å². The van der Waals surface area contributed by atoms with Gasteiger partial charge in [0.05, 0.1) is 5.02 Å². The lowest BCUT2D eigenvalue weighted by atomic mass is 9.86. The number of hydrogen-bond donors (Lipinski definition) is 1. The van der Waals surface area contributed by atoms with Crippen molar-refractivity contribution in [3.63, 3.8) is 0 Å². The van der Waals surface area contributed by atoms with Gasteiger partial charge >= 0.3 is 0 Å². The van der Waals surface area contributed by atoms with E-state index in [-0.39, 0.29) is 11.2 Å². The highest BCUT2D eigenvalue weighted by molar-refractivity contribution is 9.10. The number of benzene rings is 1. The number of halogens is 2. The van der Waals surface area contributed by atoms with Gasteiger partial charge in [-0.3, -0.25) is 0 Å². The third kappa shape index (κ3) is 2.18. The normalized spacial score (nSPS) is 11.8. The van der Waals surface area contributed by atoms with Gasteiger partial charge < -0.3 is 5.11 Å². The van der Waals surface area contributed by atoms with Gasteiger partial charge in [0.15, 0.2) is 0 Å². The third-order valence-electron chi connectivity index (χ3n) is 1.82. The molecule has 0 unspecified atom stereocenters. The second-order valence-electron chi connectivity index (χ2n) is 4.01. The van der Waals surface area contributed by atoms with E-state index in [9.17, 15) is 5.11 Å². The molecule has 1 aromatic rings. The summed E-state index contributed by atoms with van der Waals surface area (Å²) in [4.78, 5) is 0. The van der Waals surface area contributed by atoms with Crippen LogP contribution in [0, 0.1) is 0 Å². The van der Waals surface area contributed by atoms with Crippen molar-refractivity contribution in [2.75, 3.05) is 0 Å². The highest BCUT2D eigenvalue weighted by atomic mass is 79.9. The Bertz CT molecular complexity index is 328. The monoisotopic (exact) mass is 262 g/mol. The highest BCUT2D eigenvalue weighted by Gasteiger charge is 2.22. The maximum atomic E-state index is 9.66. The van der Waals surface area contributed by atoms with E-state index in [1.807, 2.05) is 20.8 Å². The topological polar surface area (TPSA) is 20.2 Å². The molecule has 1 aromatic carbocycles. The van der Waals surface area contributed by atoms with E-state index in [0.717, 1.165) is 10.0 Å². The fraction of sp³-hybridized carbons (Fsp3) is 0.400. The Balaban J connectivity index is 3.43. The van der Waals surface area contributed by atoms with Gasteiger partial charge in [-0.1, -0.05) is 32.4 Å². The van der Waals surface area contributed by atoms with E-state index in [1.54, 1.807) is 12.1 Å². The van der Waals surface area contributed by atoms with Crippen molar-refractivity contribution >= 4 is 27.5 Å². The van der Waals surface area contributed by atoms with Crippen molar-refractivity contribution in [3.8, 4) is 5.75 Å². The molecule has 0 amide bonds. The van der Waals surface area contributed by atoms with E-state index < -0.39 is 0 Å². The highest BCUT2D eigenvalue weighted by Crippen LogP contribution is 2.40. The molecule has 0 saturated carbocycles. The second-order valence-corrected chi connectivity index (χ2v) is 5.21. The van der Waals surface area contributed by atoms with Crippen LogP contribution in [-0.2, 0) is 5.41 Å². The van der Waals surface area contributed by atoms with Gasteiger partial charge in [-0.15, -0.1) is 0 Å². The summed E-state index contributed by atoms with van der Waals surface area (Å²) in [5.74, 6) is 0.281. The molecule has 0 saturated heterocycles. The Morgan fingerprint density at radius 1 is 1.31 bits per heavy atom. The molecule has 13 heavy (non-hydrogen) atoms. The molecule has 0 fully saturated rings. The van der Waals surface area contributed by atoms with Crippen LogP contribution in [0.4, 0.5) is 0 Å². The van der Waals surface area contributed by atoms with Crippen molar-refractivity contribution in [1.29, 1.82) is 0 Å². The van der Waals surface area contributed by atoms with Crippen LogP contribution in [0.2, 0.25) is 5.02 Å². The number of hydrogen-bond acceptors (Lipinski definition) is 1. The maximum absolute atomic E-state index is 9.66. The summed E-state index contributed by atoms with van der Waals surface area (Å²) in [7, 11) is 0. The zero-order valence-corrected chi connectivity index (χ0v) is 10.2. The molecule has 1 N–H and O–H groups in total. The minimum atomic E-state index is -0.117. The molecule has 0 aliphatic rings. The average molecular weight is 264 g/mol. The summed E-state index contributed by atoms with van der Waals surface area (Å²) < 4.78 is 0.779.